The molecule has 0 aliphatic carbocycles. The van der Waals surface area contributed by atoms with Gasteiger partial charge in [0.05, 0.1) is 11.7 Å². The van der Waals surface area contributed by atoms with E-state index in [1.54, 1.807) is 37.5 Å². The number of nitrogens with one attached hydrogen (secondary N) is 1. The molecule has 3 heterocycles. The minimum atomic E-state index is -0.636. The number of pyridine rings is 2. The molecule has 4 rings (SSSR count). The van der Waals surface area contributed by atoms with Crippen LogP contribution < -0.4 is 11.1 Å². The van der Waals surface area contributed by atoms with Gasteiger partial charge in [0.1, 0.15) is 17.3 Å². The molecule has 1 amide bonds. The largest absolute Gasteiger partial charge is 0.328 e. The van der Waals surface area contributed by atoms with Crippen molar-refractivity contribution in [2.45, 2.75) is 13.0 Å². The highest BCUT2D eigenvalue weighted by Gasteiger charge is 2.20. The first-order valence-electron chi connectivity index (χ1n) is 9.18. The summed E-state index contributed by atoms with van der Waals surface area (Å²) in [6.07, 6.45) is 3.46. The molecule has 1 atom stereocenters. The number of hydrogen-bond donors (Lipinski definition) is 2. The van der Waals surface area contributed by atoms with E-state index in [1.807, 2.05) is 29.8 Å². The number of aryl methyl sites for hydroxylation is 1. The topological polar surface area (TPSA) is 85.8 Å². The summed E-state index contributed by atoms with van der Waals surface area (Å²) >= 11 is 0. The molecule has 146 valence electrons. The fourth-order valence-corrected chi connectivity index (χ4v) is 3.37. The number of hydrogen-bond acceptors (Lipinski definition) is 4. The fraction of sp³-hybridized carbons (Fsp3) is 0.136. The molecule has 1 unspecified atom stereocenters. The van der Waals surface area contributed by atoms with Gasteiger partial charge >= 0.3 is 0 Å². The zero-order chi connectivity index (χ0) is 20.5. The lowest BCUT2D eigenvalue weighted by Gasteiger charge is -2.08. The lowest BCUT2D eigenvalue weighted by molar-refractivity contribution is -0.117. The molecule has 3 N–H and O–H groups in total. The first-order chi connectivity index (χ1) is 14.0. The molecule has 1 aromatic carbocycles. The summed E-state index contributed by atoms with van der Waals surface area (Å²) in [5.74, 6) is -0.177. The highest BCUT2D eigenvalue weighted by Crippen LogP contribution is 2.40. The maximum absolute atomic E-state index is 13.5. The number of nitrogens with zero attached hydrogens (tertiary/aromatic N) is 3. The van der Waals surface area contributed by atoms with Crippen molar-refractivity contribution in [3.8, 4) is 22.4 Å². The van der Waals surface area contributed by atoms with Crippen molar-refractivity contribution < 1.29 is 9.18 Å². The number of fused-ring (bicyclic) bond motifs is 1. The molecule has 0 bridgehead atoms. The molecule has 0 radical (unpaired) electrons. The molecule has 7 heteroatoms. The Morgan fingerprint density at radius 1 is 1.07 bits per heavy atom. The van der Waals surface area contributed by atoms with E-state index in [9.17, 15) is 9.18 Å². The molecule has 3 aromatic heterocycles. The Balaban J connectivity index is 1.95. The van der Waals surface area contributed by atoms with Gasteiger partial charge in [-0.05, 0) is 66.6 Å². The predicted octanol–water partition coefficient (Wildman–Crippen LogP) is 3.73. The molecular weight excluding hydrogens is 369 g/mol. The number of carbonyl (C=O) groups is 1. The quantitative estimate of drug-likeness (QED) is 0.557. The van der Waals surface area contributed by atoms with Crippen molar-refractivity contribution in [1.82, 2.24) is 14.5 Å². The summed E-state index contributed by atoms with van der Waals surface area (Å²) in [7, 11) is 1.90. The number of rotatable bonds is 4. The van der Waals surface area contributed by atoms with Crippen molar-refractivity contribution in [3.05, 3.63) is 66.7 Å². The predicted molar refractivity (Wildman–Crippen MR) is 112 cm³/mol. The van der Waals surface area contributed by atoms with Crippen molar-refractivity contribution in [2.24, 2.45) is 12.8 Å². The number of halogens is 1. The van der Waals surface area contributed by atoms with Gasteiger partial charge in [0.2, 0.25) is 5.91 Å². The first-order valence-corrected chi connectivity index (χ1v) is 9.18. The highest BCUT2D eigenvalue weighted by atomic mass is 19.1. The summed E-state index contributed by atoms with van der Waals surface area (Å²) < 4.78 is 15.4. The third kappa shape index (κ3) is 3.48. The van der Waals surface area contributed by atoms with Crippen molar-refractivity contribution in [2.75, 3.05) is 5.32 Å². The minimum Gasteiger partial charge on any atom is -0.328 e. The molecule has 0 spiro atoms. The Morgan fingerprint density at radius 2 is 1.76 bits per heavy atom. The van der Waals surface area contributed by atoms with Crippen LogP contribution in [0.1, 0.15) is 6.92 Å². The van der Waals surface area contributed by atoms with Crippen LogP contribution in [-0.2, 0) is 11.8 Å². The standard InChI is InChI=1S/C22H20FN5O/c1-13(24)22(29)27-18-8-7-17-19(14-9-11-25-12-10-14)20(28(2)21(17)26-18)15-3-5-16(23)6-4-15/h3-13H,24H2,1-2H3,(H,26,27,29). The normalized spacial score (nSPS) is 12.1. The number of nitrogens with two attached hydrogens (primary N) is 1. The molecular formula is C22H20FN5O. The van der Waals surface area contributed by atoms with Crippen LogP contribution in [0.15, 0.2) is 60.9 Å². The monoisotopic (exact) mass is 389 g/mol. The van der Waals surface area contributed by atoms with Gasteiger partial charge in [-0.1, -0.05) is 0 Å². The van der Waals surface area contributed by atoms with Crippen LogP contribution in [0.5, 0.6) is 0 Å². The zero-order valence-electron chi connectivity index (χ0n) is 16.1. The molecule has 0 aliphatic rings. The van der Waals surface area contributed by atoms with Crippen LogP contribution in [0.3, 0.4) is 0 Å². The van der Waals surface area contributed by atoms with Crippen LogP contribution in [0, 0.1) is 5.82 Å². The Kier molecular flexibility index (Phi) is 4.82. The fourth-order valence-electron chi connectivity index (χ4n) is 3.37. The maximum Gasteiger partial charge on any atom is 0.242 e. The average molecular weight is 389 g/mol. The van der Waals surface area contributed by atoms with Gasteiger partial charge in [0, 0.05) is 30.4 Å². The molecule has 0 aliphatic heterocycles. The van der Waals surface area contributed by atoms with Gasteiger partial charge in [-0.15, -0.1) is 0 Å². The average Bonchev–Trinajstić information content (AvgIpc) is 3.01. The van der Waals surface area contributed by atoms with E-state index in [0.717, 1.165) is 27.8 Å². The SMILES string of the molecule is CC(N)C(=O)Nc1ccc2c(-c3ccncc3)c(-c3ccc(F)cc3)n(C)c2n1. The summed E-state index contributed by atoms with van der Waals surface area (Å²) in [5, 5.41) is 3.64. The van der Waals surface area contributed by atoms with E-state index in [4.69, 9.17) is 5.73 Å². The van der Waals surface area contributed by atoms with Gasteiger partial charge < -0.3 is 15.6 Å². The number of carbonyl (C=O) groups excluding carboxylic acids is 1. The molecule has 0 saturated carbocycles. The van der Waals surface area contributed by atoms with E-state index in [0.29, 0.717) is 11.5 Å². The summed E-state index contributed by atoms with van der Waals surface area (Å²) in [6, 6.07) is 13.2. The maximum atomic E-state index is 13.5. The van der Waals surface area contributed by atoms with Crippen LogP contribution in [0.2, 0.25) is 0 Å². The lowest BCUT2D eigenvalue weighted by Crippen LogP contribution is -2.32. The van der Waals surface area contributed by atoms with E-state index in [1.165, 1.54) is 12.1 Å². The summed E-state index contributed by atoms with van der Waals surface area (Å²) in [5.41, 5.74) is 10.0. The Hall–Kier alpha value is -3.58. The second-order valence-corrected chi connectivity index (χ2v) is 6.87. The third-order valence-corrected chi connectivity index (χ3v) is 4.79. The zero-order valence-corrected chi connectivity index (χ0v) is 16.1. The number of benzene rings is 1. The Morgan fingerprint density at radius 3 is 2.41 bits per heavy atom. The second-order valence-electron chi connectivity index (χ2n) is 6.87. The second kappa shape index (κ2) is 7.44. The Labute approximate surface area is 167 Å². The van der Waals surface area contributed by atoms with Crippen LogP contribution in [0.25, 0.3) is 33.4 Å². The van der Waals surface area contributed by atoms with Crippen LogP contribution in [0.4, 0.5) is 10.2 Å². The van der Waals surface area contributed by atoms with E-state index in [2.05, 4.69) is 15.3 Å². The molecule has 0 saturated heterocycles. The molecule has 0 fully saturated rings. The summed E-state index contributed by atoms with van der Waals surface area (Å²) in [6.45, 7) is 1.62. The Bertz CT molecular complexity index is 1180. The van der Waals surface area contributed by atoms with E-state index < -0.39 is 6.04 Å². The van der Waals surface area contributed by atoms with Gasteiger partial charge in [0.15, 0.2) is 0 Å². The smallest absolute Gasteiger partial charge is 0.242 e. The number of aromatic nitrogens is 3. The number of anilines is 1. The number of amides is 1. The first kappa shape index (κ1) is 18.8. The van der Waals surface area contributed by atoms with Crippen molar-refractivity contribution in [1.29, 1.82) is 0 Å². The third-order valence-electron chi connectivity index (χ3n) is 4.79. The van der Waals surface area contributed by atoms with Gasteiger partial charge in [-0.3, -0.25) is 9.78 Å². The lowest BCUT2D eigenvalue weighted by atomic mass is 9.99. The van der Waals surface area contributed by atoms with E-state index in [-0.39, 0.29) is 11.7 Å². The van der Waals surface area contributed by atoms with Crippen LogP contribution in [-0.4, -0.2) is 26.5 Å². The highest BCUT2D eigenvalue weighted by molar-refractivity contribution is 6.04. The molecule has 29 heavy (non-hydrogen) atoms. The van der Waals surface area contributed by atoms with Gasteiger partial charge in [-0.25, -0.2) is 9.37 Å². The molecule has 6 nitrogen and oxygen atoms in total. The van der Waals surface area contributed by atoms with Crippen molar-refractivity contribution >= 4 is 22.8 Å². The minimum absolute atomic E-state index is 0.294. The van der Waals surface area contributed by atoms with Crippen LogP contribution >= 0.6 is 0 Å². The van der Waals surface area contributed by atoms with Gasteiger partial charge in [0.25, 0.3) is 0 Å². The summed E-state index contributed by atoms with van der Waals surface area (Å²) in [4.78, 5) is 20.7. The van der Waals surface area contributed by atoms with Crippen molar-refractivity contribution in [3.63, 3.8) is 0 Å². The molecule has 4 aromatic rings. The van der Waals surface area contributed by atoms with E-state index >= 15 is 0 Å². The van der Waals surface area contributed by atoms with Gasteiger partial charge in [-0.2, -0.15) is 0 Å².